The van der Waals surface area contributed by atoms with E-state index in [0.29, 0.717) is 12.7 Å². The van der Waals surface area contributed by atoms with Crippen LogP contribution in [0.3, 0.4) is 0 Å². The molecule has 0 atom stereocenters. The van der Waals surface area contributed by atoms with E-state index >= 15 is 0 Å². The van der Waals surface area contributed by atoms with Crippen LogP contribution in [0.5, 0.6) is 0 Å². The molecule has 3 amide bonds. The van der Waals surface area contributed by atoms with Gasteiger partial charge < -0.3 is 15.4 Å². The van der Waals surface area contributed by atoms with Crippen LogP contribution in [0.2, 0.25) is 0 Å². The van der Waals surface area contributed by atoms with Crippen LogP contribution in [-0.2, 0) is 16.1 Å². The van der Waals surface area contributed by atoms with Crippen LogP contribution in [0.4, 0.5) is 10.5 Å². The Morgan fingerprint density at radius 3 is 2.74 bits per heavy atom. The summed E-state index contributed by atoms with van der Waals surface area (Å²) in [4.78, 5) is 22.6. The van der Waals surface area contributed by atoms with Gasteiger partial charge in [-0.1, -0.05) is 31.4 Å². The van der Waals surface area contributed by atoms with Crippen molar-refractivity contribution in [2.45, 2.75) is 44.8 Å². The molecule has 1 aliphatic carbocycles. The number of rotatable bonds is 6. The summed E-state index contributed by atoms with van der Waals surface area (Å²) in [6, 6.07) is 7.29. The van der Waals surface area contributed by atoms with Gasteiger partial charge in [-0.25, -0.2) is 4.79 Å². The minimum absolute atomic E-state index is 0.0420. The summed E-state index contributed by atoms with van der Waals surface area (Å²) in [6.07, 6.45) is 6.50. The van der Waals surface area contributed by atoms with Gasteiger partial charge in [0.25, 0.3) is 0 Å². The molecule has 0 radical (unpaired) electrons. The molecule has 6 heteroatoms. The Hall–Kier alpha value is -2.08. The Bertz CT molecular complexity index is 528. The maximum atomic E-state index is 11.5. The van der Waals surface area contributed by atoms with Crippen molar-refractivity contribution in [1.29, 1.82) is 0 Å². The SMILES string of the molecule is CNC(=O)NC(=O)CNc1cccc(COC2CCCCC2)c1. The lowest BCUT2D eigenvalue weighted by Crippen LogP contribution is -2.40. The number of carbonyl (C=O) groups excluding carboxylic acids is 2. The summed E-state index contributed by atoms with van der Waals surface area (Å²) in [5.41, 5.74) is 1.91. The van der Waals surface area contributed by atoms with Crippen LogP contribution in [0.25, 0.3) is 0 Å². The maximum absolute atomic E-state index is 11.5. The highest BCUT2D eigenvalue weighted by molar-refractivity contribution is 5.96. The van der Waals surface area contributed by atoms with Crippen molar-refractivity contribution in [3.05, 3.63) is 29.8 Å². The van der Waals surface area contributed by atoms with Crippen LogP contribution in [0, 0.1) is 0 Å². The summed E-state index contributed by atoms with van der Waals surface area (Å²) >= 11 is 0. The number of amides is 3. The van der Waals surface area contributed by atoms with Gasteiger partial charge in [-0.2, -0.15) is 0 Å². The lowest BCUT2D eigenvalue weighted by Gasteiger charge is -2.22. The van der Waals surface area contributed by atoms with Crippen molar-refractivity contribution in [3.8, 4) is 0 Å². The number of benzene rings is 1. The monoisotopic (exact) mass is 319 g/mol. The molecule has 6 nitrogen and oxygen atoms in total. The van der Waals surface area contributed by atoms with Crippen LogP contribution in [0.15, 0.2) is 24.3 Å². The standard InChI is InChI=1S/C17H25N3O3/c1-18-17(22)20-16(21)11-19-14-7-5-6-13(10-14)12-23-15-8-3-2-4-9-15/h5-7,10,15,19H,2-4,8-9,11-12H2,1H3,(H2,18,20,21,22). The molecule has 1 aromatic rings. The summed E-state index contributed by atoms with van der Waals surface area (Å²) in [5, 5.41) is 7.55. The summed E-state index contributed by atoms with van der Waals surface area (Å²) in [7, 11) is 1.46. The highest BCUT2D eigenvalue weighted by atomic mass is 16.5. The topological polar surface area (TPSA) is 79.5 Å². The number of nitrogens with one attached hydrogen (secondary N) is 3. The molecule has 0 heterocycles. The molecule has 1 saturated carbocycles. The van der Waals surface area contributed by atoms with Gasteiger partial charge in [0, 0.05) is 12.7 Å². The summed E-state index contributed by atoms with van der Waals surface area (Å²) in [5.74, 6) is -0.381. The quantitative estimate of drug-likeness (QED) is 0.752. The smallest absolute Gasteiger partial charge is 0.321 e. The average Bonchev–Trinajstić information content (AvgIpc) is 2.59. The fourth-order valence-corrected chi connectivity index (χ4v) is 2.63. The Kier molecular flexibility index (Phi) is 6.87. The Morgan fingerprint density at radius 1 is 1.22 bits per heavy atom. The predicted molar refractivity (Wildman–Crippen MR) is 89.2 cm³/mol. The van der Waals surface area contributed by atoms with Crippen LogP contribution < -0.4 is 16.0 Å². The molecule has 1 aliphatic rings. The average molecular weight is 319 g/mol. The Labute approximate surface area is 137 Å². The van der Waals surface area contributed by atoms with E-state index in [9.17, 15) is 9.59 Å². The molecule has 0 spiro atoms. The predicted octanol–water partition coefficient (Wildman–Crippen LogP) is 2.40. The van der Waals surface area contributed by atoms with E-state index in [1.807, 2.05) is 24.3 Å². The highest BCUT2D eigenvalue weighted by Gasteiger charge is 2.13. The lowest BCUT2D eigenvalue weighted by atomic mass is 9.98. The first-order chi connectivity index (χ1) is 11.2. The van der Waals surface area contributed by atoms with Crippen LogP contribution in [0.1, 0.15) is 37.7 Å². The first-order valence-corrected chi connectivity index (χ1v) is 8.13. The maximum Gasteiger partial charge on any atom is 0.321 e. The van der Waals surface area contributed by atoms with Gasteiger partial charge in [-0.3, -0.25) is 10.1 Å². The van der Waals surface area contributed by atoms with Gasteiger partial charge in [-0.05, 0) is 30.5 Å². The van der Waals surface area contributed by atoms with Crippen molar-refractivity contribution < 1.29 is 14.3 Å². The second-order valence-electron chi connectivity index (χ2n) is 5.75. The van der Waals surface area contributed by atoms with E-state index in [1.165, 1.54) is 26.3 Å². The third-order valence-corrected chi connectivity index (χ3v) is 3.90. The van der Waals surface area contributed by atoms with Crippen LogP contribution in [-0.4, -0.2) is 31.6 Å². The summed E-state index contributed by atoms with van der Waals surface area (Å²) in [6.45, 7) is 0.630. The van der Waals surface area contributed by atoms with Crippen molar-refractivity contribution in [3.63, 3.8) is 0 Å². The van der Waals surface area contributed by atoms with Crippen LogP contribution >= 0.6 is 0 Å². The minimum atomic E-state index is -0.508. The Morgan fingerprint density at radius 2 is 2.00 bits per heavy atom. The third-order valence-electron chi connectivity index (χ3n) is 3.90. The zero-order chi connectivity index (χ0) is 16.5. The molecule has 0 aliphatic heterocycles. The zero-order valence-electron chi connectivity index (χ0n) is 13.6. The number of hydrogen-bond donors (Lipinski definition) is 3. The van der Waals surface area contributed by atoms with Gasteiger partial charge in [0.2, 0.25) is 5.91 Å². The number of anilines is 1. The van der Waals surface area contributed by atoms with Gasteiger partial charge in [-0.15, -0.1) is 0 Å². The molecule has 1 aromatic carbocycles. The van der Waals surface area contributed by atoms with Crippen molar-refractivity contribution in [2.24, 2.45) is 0 Å². The number of hydrogen-bond acceptors (Lipinski definition) is 4. The van der Waals surface area contributed by atoms with Crippen molar-refractivity contribution >= 4 is 17.6 Å². The van der Waals surface area contributed by atoms with Gasteiger partial charge >= 0.3 is 6.03 Å². The molecular formula is C17H25N3O3. The van der Waals surface area contributed by atoms with E-state index < -0.39 is 6.03 Å². The van der Waals surface area contributed by atoms with Gasteiger partial charge in [0.05, 0.1) is 19.3 Å². The molecule has 0 saturated heterocycles. The van der Waals surface area contributed by atoms with E-state index in [1.54, 1.807) is 0 Å². The largest absolute Gasteiger partial charge is 0.376 e. The van der Waals surface area contributed by atoms with Crippen molar-refractivity contribution in [1.82, 2.24) is 10.6 Å². The molecule has 3 N–H and O–H groups in total. The van der Waals surface area contributed by atoms with E-state index in [0.717, 1.165) is 24.1 Å². The zero-order valence-corrected chi connectivity index (χ0v) is 13.6. The molecule has 0 aromatic heterocycles. The Balaban J connectivity index is 1.77. The second-order valence-corrected chi connectivity index (χ2v) is 5.75. The molecule has 1 fully saturated rings. The van der Waals surface area contributed by atoms with E-state index in [2.05, 4.69) is 16.0 Å². The fourth-order valence-electron chi connectivity index (χ4n) is 2.63. The molecular weight excluding hydrogens is 294 g/mol. The fraction of sp³-hybridized carbons (Fsp3) is 0.529. The van der Waals surface area contributed by atoms with E-state index in [4.69, 9.17) is 4.74 Å². The van der Waals surface area contributed by atoms with E-state index in [-0.39, 0.29) is 12.5 Å². The molecule has 23 heavy (non-hydrogen) atoms. The lowest BCUT2D eigenvalue weighted by molar-refractivity contribution is -0.118. The first kappa shape index (κ1) is 17.3. The number of carbonyl (C=O) groups is 2. The third kappa shape index (κ3) is 6.28. The van der Waals surface area contributed by atoms with Gasteiger partial charge in [0.15, 0.2) is 0 Å². The molecule has 0 unspecified atom stereocenters. The molecule has 126 valence electrons. The first-order valence-electron chi connectivity index (χ1n) is 8.13. The number of imide groups is 1. The minimum Gasteiger partial charge on any atom is -0.376 e. The second kappa shape index (κ2) is 9.15. The highest BCUT2D eigenvalue weighted by Crippen LogP contribution is 2.21. The summed E-state index contributed by atoms with van der Waals surface area (Å²) < 4.78 is 5.96. The normalized spacial score (nSPS) is 15.0. The number of urea groups is 1. The van der Waals surface area contributed by atoms with Gasteiger partial charge in [0.1, 0.15) is 0 Å². The van der Waals surface area contributed by atoms with Crippen molar-refractivity contribution in [2.75, 3.05) is 18.9 Å². The molecule has 0 bridgehead atoms. The number of ether oxygens (including phenoxy) is 1. The molecule has 2 rings (SSSR count).